The summed E-state index contributed by atoms with van der Waals surface area (Å²) >= 11 is 3.44. The number of aromatic hydroxyl groups is 1. The quantitative estimate of drug-likeness (QED) is 0.805. The molecule has 19 heavy (non-hydrogen) atoms. The van der Waals surface area contributed by atoms with Gasteiger partial charge in [0.15, 0.2) is 0 Å². The average molecular weight is 319 g/mol. The number of rotatable bonds is 3. The van der Waals surface area contributed by atoms with Gasteiger partial charge in [-0.2, -0.15) is 0 Å². The van der Waals surface area contributed by atoms with Gasteiger partial charge >= 0.3 is 0 Å². The Morgan fingerprint density at radius 1 is 1.16 bits per heavy atom. The van der Waals surface area contributed by atoms with Crippen molar-refractivity contribution >= 4 is 21.6 Å². The van der Waals surface area contributed by atoms with Gasteiger partial charge < -0.3 is 9.84 Å². The average Bonchev–Trinajstić information content (AvgIpc) is 2.80. The summed E-state index contributed by atoms with van der Waals surface area (Å²) in [6, 6.07) is 10.5. The topological polar surface area (TPSA) is 46.8 Å². The lowest BCUT2D eigenvalue weighted by Gasteiger charge is -2.06. The van der Waals surface area contributed by atoms with Crippen LogP contribution in [0, 0.1) is 0 Å². The lowest BCUT2D eigenvalue weighted by atomic mass is 10.3. The molecule has 1 aromatic carbocycles. The first-order valence-electron chi connectivity index (χ1n) is 5.76. The van der Waals surface area contributed by atoms with Crippen molar-refractivity contribution in [1.82, 2.24) is 9.38 Å². The number of phenols is 1. The molecule has 3 rings (SSSR count). The zero-order valence-electron chi connectivity index (χ0n) is 9.95. The number of hydrogen-bond acceptors (Lipinski definition) is 3. The highest BCUT2D eigenvalue weighted by Crippen LogP contribution is 2.18. The van der Waals surface area contributed by atoms with E-state index in [1.54, 1.807) is 30.5 Å². The minimum Gasteiger partial charge on any atom is -0.508 e. The molecule has 0 bridgehead atoms. The molecule has 0 aliphatic carbocycles. The molecule has 0 atom stereocenters. The summed E-state index contributed by atoms with van der Waals surface area (Å²) in [7, 11) is 0. The Kier molecular flexibility index (Phi) is 3.13. The van der Waals surface area contributed by atoms with Gasteiger partial charge in [0.05, 0.1) is 11.9 Å². The van der Waals surface area contributed by atoms with Crippen LogP contribution in [-0.2, 0) is 6.61 Å². The summed E-state index contributed by atoms with van der Waals surface area (Å²) in [5.74, 6) is 0.939. The first-order valence-corrected chi connectivity index (χ1v) is 6.55. The van der Waals surface area contributed by atoms with E-state index in [1.165, 1.54) is 0 Å². The number of phenolic OH excluding ortho intramolecular Hbond substituents is 1. The Morgan fingerprint density at radius 3 is 2.74 bits per heavy atom. The number of hydrogen-bond donors (Lipinski definition) is 1. The van der Waals surface area contributed by atoms with E-state index in [9.17, 15) is 5.11 Å². The molecule has 0 spiro atoms. The van der Waals surface area contributed by atoms with Crippen molar-refractivity contribution in [2.75, 3.05) is 0 Å². The van der Waals surface area contributed by atoms with E-state index in [0.717, 1.165) is 15.8 Å². The van der Waals surface area contributed by atoms with E-state index in [-0.39, 0.29) is 5.75 Å². The standard InChI is InChI=1S/C14H11BrN2O2/c15-10-1-6-14-16-7-11(17(14)8-10)9-19-13-4-2-12(18)3-5-13/h1-8,18H,9H2. The number of imidazole rings is 1. The molecule has 5 heteroatoms. The number of halogens is 1. The Balaban J connectivity index is 1.81. The fraction of sp³-hybridized carbons (Fsp3) is 0.0714. The molecule has 0 saturated carbocycles. The molecule has 1 N–H and O–H groups in total. The molecule has 96 valence electrons. The molecule has 0 unspecified atom stereocenters. The Hall–Kier alpha value is -2.01. The predicted molar refractivity (Wildman–Crippen MR) is 75.3 cm³/mol. The molecule has 0 saturated heterocycles. The molecule has 0 amide bonds. The fourth-order valence-electron chi connectivity index (χ4n) is 1.81. The Labute approximate surface area is 118 Å². The first-order chi connectivity index (χ1) is 9.22. The molecule has 0 fully saturated rings. The van der Waals surface area contributed by atoms with Crippen LogP contribution >= 0.6 is 15.9 Å². The van der Waals surface area contributed by atoms with Crippen LogP contribution < -0.4 is 4.74 Å². The highest BCUT2D eigenvalue weighted by molar-refractivity contribution is 9.10. The van der Waals surface area contributed by atoms with Crippen LogP contribution in [0.15, 0.2) is 53.3 Å². The zero-order chi connectivity index (χ0) is 13.2. The molecule has 0 radical (unpaired) electrons. The molecule has 0 aliphatic heterocycles. The van der Waals surface area contributed by atoms with Crippen molar-refractivity contribution in [1.29, 1.82) is 0 Å². The largest absolute Gasteiger partial charge is 0.508 e. The summed E-state index contributed by atoms with van der Waals surface area (Å²) in [6.45, 7) is 0.419. The van der Waals surface area contributed by atoms with Gasteiger partial charge in [0.25, 0.3) is 0 Å². The molecule has 2 heterocycles. The highest BCUT2D eigenvalue weighted by Gasteiger charge is 2.04. The second-order valence-electron chi connectivity index (χ2n) is 4.11. The second-order valence-corrected chi connectivity index (χ2v) is 5.02. The summed E-state index contributed by atoms with van der Waals surface area (Å²) in [5, 5.41) is 9.21. The van der Waals surface area contributed by atoms with Crippen molar-refractivity contribution in [2.45, 2.75) is 6.61 Å². The number of fused-ring (bicyclic) bond motifs is 1. The minimum atomic E-state index is 0.228. The number of ether oxygens (including phenoxy) is 1. The van der Waals surface area contributed by atoms with E-state index in [2.05, 4.69) is 20.9 Å². The second kappa shape index (κ2) is 4.93. The predicted octanol–water partition coefficient (Wildman–Crippen LogP) is 3.38. The van der Waals surface area contributed by atoms with Gasteiger partial charge in [0.2, 0.25) is 0 Å². The van der Waals surface area contributed by atoms with Gasteiger partial charge in [-0.25, -0.2) is 4.98 Å². The van der Waals surface area contributed by atoms with Crippen molar-refractivity contribution in [3.8, 4) is 11.5 Å². The first kappa shape index (κ1) is 12.0. The Bertz CT molecular complexity index is 707. The van der Waals surface area contributed by atoms with Crippen LogP contribution in [0.25, 0.3) is 5.65 Å². The summed E-state index contributed by atoms with van der Waals surface area (Å²) in [6.07, 6.45) is 3.75. The lowest BCUT2D eigenvalue weighted by Crippen LogP contribution is -1.99. The Morgan fingerprint density at radius 2 is 1.95 bits per heavy atom. The van der Waals surface area contributed by atoms with Crippen molar-refractivity contribution < 1.29 is 9.84 Å². The third-order valence-electron chi connectivity index (χ3n) is 2.77. The summed E-state index contributed by atoms with van der Waals surface area (Å²) < 4.78 is 8.63. The molecular formula is C14H11BrN2O2. The van der Waals surface area contributed by atoms with E-state index >= 15 is 0 Å². The van der Waals surface area contributed by atoms with Gasteiger partial charge in [0, 0.05) is 10.7 Å². The maximum absolute atomic E-state index is 9.21. The van der Waals surface area contributed by atoms with Gasteiger partial charge in [0.1, 0.15) is 23.8 Å². The number of nitrogens with zero attached hydrogens (tertiary/aromatic N) is 2. The van der Waals surface area contributed by atoms with E-state index in [0.29, 0.717) is 12.4 Å². The van der Waals surface area contributed by atoms with E-state index < -0.39 is 0 Å². The fourth-order valence-corrected chi connectivity index (χ4v) is 2.15. The number of aromatic nitrogens is 2. The number of pyridine rings is 1. The molecule has 0 aliphatic rings. The monoisotopic (exact) mass is 318 g/mol. The maximum Gasteiger partial charge on any atom is 0.137 e. The van der Waals surface area contributed by atoms with Crippen LogP contribution in [0.3, 0.4) is 0 Å². The van der Waals surface area contributed by atoms with Gasteiger partial charge in [-0.15, -0.1) is 0 Å². The molecule has 4 nitrogen and oxygen atoms in total. The molecule has 2 aromatic heterocycles. The zero-order valence-corrected chi connectivity index (χ0v) is 11.5. The SMILES string of the molecule is Oc1ccc(OCc2cnc3ccc(Br)cn23)cc1. The lowest BCUT2D eigenvalue weighted by molar-refractivity contribution is 0.299. The van der Waals surface area contributed by atoms with Crippen LogP contribution in [0.4, 0.5) is 0 Å². The molecular weight excluding hydrogens is 308 g/mol. The number of benzene rings is 1. The van der Waals surface area contributed by atoms with Crippen LogP contribution in [0.2, 0.25) is 0 Å². The normalized spacial score (nSPS) is 10.8. The highest BCUT2D eigenvalue weighted by atomic mass is 79.9. The van der Waals surface area contributed by atoms with E-state index in [4.69, 9.17) is 4.74 Å². The van der Waals surface area contributed by atoms with E-state index in [1.807, 2.05) is 22.7 Å². The smallest absolute Gasteiger partial charge is 0.137 e. The minimum absolute atomic E-state index is 0.228. The summed E-state index contributed by atoms with van der Waals surface area (Å²) in [5.41, 5.74) is 1.84. The third kappa shape index (κ3) is 2.56. The van der Waals surface area contributed by atoms with Gasteiger partial charge in [-0.1, -0.05) is 0 Å². The van der Waals surface area contributed by atoms with Gasteiger partial charge in [-0.05, 0) is 52.3 Å². The summed E-state index contributed by atoms with van der Waals surface area (Å²) in [4.78, 5) is 4.31. The van der Waals surface area contributed by atoms with Crippen molar-refractivity contribution in [3.05, 3.63) is 59.0 Å². The van der Waals surface area contributed by atoms with Crippen molar-refractivity contribution in [3.63, 3.8) is 0 Å². The van der Waals surface area contributed by atoms with Crippen LogP contribution in [0.1, 0.15) is 5.69 Å². The van der Waals surface area contributed by atoms with Crippen molar-refractivity contribution in [2.24, 2.45) is 0 Å². The van der Waals surface area contributed by atoms with Crippen LogP contribution in [-0.4, -0.2) is 14.5 Å². The van der Waals surface area contributed by atoms with Gasteiger partial charge in [-0.3, -0.25) is 4.40 Å². The van der Waals surface area contributed by atoms with Crippen LogP contribution in [0.5, 0.6) is 11.5 Å². The molecule has 3 aromatic rings. The maximum atomic E-state index is 9.21. The third-order valence-corrected chi connectivity index (χ3v) is 3.24.